The number of unbranched alkanes of at least 4 members (excludes halogenated alkanes) is 1. The topological polar surface area (TPSA) is 17.1 Å². The van der Waals surface area contributed by atoms with E-state index in [1.54, 1.807) is 0 Å². The molecule has 0 aromatic rings. The minimum atomic E-state index is 0.355. The first-order valence-electron chi connectivity index (χ1n) is 6.48. The summed E-state index contributed by atoms with van der Waals surface area (Å²) in [4.78, 5) is 0. The van der Waals surface area contributed by atoms with Crippen LogP contribution >= 0.6 is 8.46 Å². The van der Waals surface area contributed by atoms with Gasteiger partial charge in [-0.3, -0.25) is 4.57 Å². The average Bonchev–Trinajstić information content (AvgIpc) is 2.27. The summed E-state index contributed by atoms with van der Waals surface area (Å²) in [6, 6.07) is 0. The molecule has 1 nitrogen and oxygen atoms in total. The van der Waals surface area contributed by atoms with Crippen molar-refractivity contribution in [2.45, 2.75) is 71.9 Å². The van der Waals surface area contributed by atoms with E-state index in [2.05, 4.69) is 27.7 Å². The maximum absolute atomic E-state index is 11.0. The molecule has 0 aliphatic heterocycles. The highest BCUT2D eigenvalue weighted by atomic mass is 31.1. The van der Waals surface area contributed by atoms with Gasteiger partial charge in [-0.05, 0) is 18.3 Å². The second kappa shape index (κ2) is 9.33. The lowest BCUT2D eigenvalue weighted by Crippen LogP contribution is -2.10. The van der Waals surface area contributed by atoms with Crippen LogP contribution in [0.5, 0.6) is 0 Å². The summed E-state index contributed by atoms with van der Waals surface area (Å²) in [7, 11) is 0.355. The van der Waals surface area contributed by atoms with Gasteiger partial charge in [0.15, 0.2) is 8.46 Å². The van der Waals surface area contributed by atoms with Crippen LogP contribution in [0.2, 0.25) is 0 Å². The van der Waals surface area contributed by atoms with Crippen LogP contribution in [0.25, 0.3) is 0 Å². The third kappa shape index (κ3) is 7.06. The fraction of sp³-hybridized carbons (Fsp3) is 1.00. The highest BCUT2D eigenvalue weighted by molar-refractivity contribution is 7.24. The normalized spacial score (nSPS) is 17.6. The third-order valence-corrected chi connectivity index (χ3v) is 4.62. The second-order valence-electron chi connectivity index (χ2n) is 4.86. The lowest BCUT2D eigenvalue weighted by Gasteiger charge is -2.16. The maximum Gasteiger partial charge on any atom is 0.158 e. The van der Waals surface area contributed by atoms with Gasteiger partial charge in [-0.25, -0.2) is 0 Å². The molecule has 0 aromatic heterocycles. The number of rotatable bonds is 9. The van der Waals surface area contributed by atoms with Gasteiger partial charge in [-0.2, -0.15) is 0 Å². The summed E-state index contributed by atoms with van der Waals surface area (Å²) in [5.74, 6) is 1.46. The Balaban J connectivity index is 3.59. The van der Waals surface area contributed by atoms with Crippen molar-refractivity contribution in [1.29, 1.82) is 0 Å². The Morgan fingerprint density at radius 2 is 1.60 bits per heavy atom. The van der Waals surface area contributed by atoms with E-state index >= 15 is 0 Å². The van der Waals surface area contributed by atoms with Crippen LogP contribution in [0, 0.1) is 11.8 Å². The molecule has 0 aliphatic rings. The van der Waals surface area contributed by atoms with E-state index in [-0.39, 0.29) is 0 Å². The summed E-state index contributed by atoms with van der Waals surface area (Å²) >= 11 is 0. The smallest absolute Gasteiger partial charge is 0.158 e. The zero-order valence-corrected chi connectivity index (χ0v) is 11.7. The van der Waals surface area contributed by atoms with Crippen LogP contribution in [-0.4, -0.2) is 5.66 Å². The Labute approximate surface area is 97.2 Å². The Morgan fingerprint density at radius 3 is 2.07 bits per heavy atom. The number of hydrogen-bond acceptors (Lipinski definition) is 1. The van der Waals surface area contributed by atoms with Gasteiger partial charge in [0.05, 0.1) is 0 Å². The number of hydrogen-bond donors (Lipinski definition) is 0. The molecule has 0 saturated heterocycles. The zero-order chi connectivity index (χ0) is 11.7. The summed E-state index contributed by atoms with van der Waals surface area (Å²) < 4.78 is 11.0. The Kier molecular flexibility index (Phi) is 9.40. The monoisotopic (exact) mass is 230 g/mol. The van der Waals surface area contributed by atoms with Crippen molar-refractivity contribution in [1.82, 2.24) is 0 Å². The standard InChI is InChI=1S/C13H27OP/c1-5-11(3)9-7-8-10-13(15-14)12(4)6-2/h11-13H,5-10H2,1-4H3. The molecule has 0 N–H and O–H groups in total. The lowest BCUT2D eigenvalue weighted by molar-refractivity contribution is 0.443. The fourth-order valence-electron chi connectivity index (χ4n) is 1.76. The molecule has 0 saturated carbocycles. The first-order chi connectivity index (χ1) is 7.15. The third-order valence-electron chi connectivity index (χ3n) is 3.58. The van der Waals surface area contributed by atoms with E-state index in [0.29, 0.717) is 20.0 Å². The van der Waals surface area contributed by atoms with Crippen molar-refractivity contribution in [3.8, 4) is 0 Å². The van der Waals surface area contributed by atoms with Crippen LogP contribution in [0.3, 0.4) is 0 Å². The van der Waals surface area contributed by atoms with Gasteiger partial charge in [0.25, 0.3) is 0 Å². The first kappa shape index (κ1) is 15.1. The Hall–Kier alpha value is 0.100. The SMILES string of the molecule is CCC(C)CCCCC(P=O)C(C)CC. The molecule has 0 rings (SSSR count). The van der Waals surface area contributed by atoms with Crippen molar-refractivity contribution in [3.05, 3.63) is 0 Å². The molecule has 0 amide bonds. The molecule has 2 heteroatoms. The molecule has 3 atom stereocenters. The van der Waals surface area contributed by atoms with Gasteiger partial charge < -0.3 is 0 Å². The van der Waals surface area contributed by atoms with Crippen molar-refractivity contribution in [2.24, 2.45) is 11.8 Å². The van der Waals surface area contributed by atoms with E-state index < -0.39 is 0 Å². The average molecular weight is 230 g/mol. The van der Waals surface area contributed by atoms with Crippen molar-refractivity contribution in [3.63, 3.8) is 0 Å². The molecule has 0 heterocycles. The molecule has 0 aliphatic carbocycles. The highest BCUT2D eigenvalue weighted by Gasteiger charge is 2.15. The van der Waals surface area contributed by atoms with Gasteiger partial charge in [0, 0.05) is 5.66 Å². The predicted molar refractivity (Wildman–Crippen MR) is 68.8 cm³/mol. The molecular weight excluding hydrogens is 203 g/mol. The highest BCUT2D eigenvalue weighted by Crippen LogP contribution is 2.26. The quantitative estimate of drug-likeness (QED) is 0.388. The Morgan fingerprint density at radius 1 is 1.00 bits per heavy atom. The van der Waals surface area contributed by atoms with Gasteiger partial charge >= 0.3 is 0 Å². The first-order valence-corrected chi connectivity index (χ1v) is 7.36. The van der Waals surface area contributed by atoms with Crippen LogP contribution in [-0.2, 0) is 4.57 Å². The van der Waals surface area contributed by atoms with Gasteiger partial charge in [-0.15, -0.1) is 0 Å². The fourth-order valence-corrected chi connectivity index (χ4v) is 2.47. The predicted octanol–water partition coefficient (Wildman–Crippen LogP) is 5.30. The maximum atomic E-state index is 11.0. The summed E-state index contributed by atoms with van der Waals surface area (Å²) in [5.41, 5.74) is 0.395. The molecule has 0 fully saturated rings. The van der Waals surface area contributed by atoms with E-state index in [9.17, 15) is 4.57 Å². The van der Waals surface area contributed by atoms with Crippen molar-refractivity contribution < 1.29 is 4.57 Å². The van der Waals surface area contributed by atoms with E-state index in [1.807, 2.05) is 0 Å². The summed E-state index contributed by atoms with van der Waals surface area (Å²) in [6.45, 7) is 8.97. The molecule has 0 spiro atoms. The van der Waals surface area contributed by atoms with Gasteiger partial charge in [0.2, 0.25) is 0 Å². The largest absolute Gasteiger partial charge is 0.275 e. The molecule has 0 radical (unpaired) electrons. The molecule has 0 bridgehead atoms. The van der Waals surface area contributed by atoms with Crippen LogP contribution in [0.1, 0.15) is 66.2 Å². The van der Waals surface area contributed by atoms with Crippen molar-refractivity contribution in [2.75, 3.05) is 0 Å². The lowest BCUT2D eigenvalue weighted by atomic mass is 9.96. The summed E-state index contributed by atoms with van der Waals surface area (Å²) in [6.07, 6.45) is 7.45. The summed E-state index contributed by atoms with van der Waals surface area (Å²) in [5, 5.41) is 0. The van der Waals surface area contributed by atoms with Crippen LogP contribution in [0.4, 0.5) is 0 Å². The van der Waals surface area contributed by atoms with Gasteiger partial charge in [-0.1, -0.05) is 59.8 Å². The van der Waals surface area contributed by atoms with Crippen molar-refractivity contribution >= 4 is 8.46 Å². The second-order valence-corrected chi connectivity index (χ2v) is 5.73. The van der Waals surface area contributed by atoms with Gasteiger partial charge in [0.1, 0.15) is 0 Å². The Bertz CT molecular complexity index is 159. The van der Waals surface area contributed by atoms with E-state index in [4.69, 9.17) is 0 Å². The van der Waals surface area contributed by atoms with E-state index in [1.165, 1.54) is 25.7 Å². The van der Waals surface area contributed by atoms with E-state index in [0.717, 1.165) is 18.8 Å². The molecule has 90 valence electrons. The van der Waals surface area contributed by atoms with Crippen LogP contribution in [0.15, 0.2) is 0 Å². The molecule has 15 heavy (non-hydrogen) atoms. The molecule has 3 unspecified atom stereocenters. The molecular formula is C13H27OP. The minimum absolute atomic E-state index is 0.355. The zero-order valence-electron chi connectivity index (χ0n) is 10.8. The molecule has 0 aromatic carbocycles. The minimum Gasteiger partial charge on any atom is -0.275 e. The van der Waals surface area contributed by atoms with Crippen LogP contribution < -0.4 is 0 Å².